The molecule has 0 saturated carbocycles. The zero-order chi connectivity index (χ0) is 15.2. The molecule has 1 heterocycles. The standard InChI is InChI=1S/C16H18N2O3/c1-2-21-15-10-12(5-6-14(15)19)9-13(11-17)16(20)18-7-3-4-8-18/h5-6,9-10,19H,2-4,7-8H2,1H3/b13-9+. The molecule has 2 rings (SSSR count). The molecule has 5 nitrogen and oxygen atoms in total. The number of amides is 1. The van der Waals surface area contributed by atoms with E-state index < -0.39 is 0 Å². The topological polar surface area (TPSA) is 73.6 Å². The lowest BCUT2D eigenvalue weighted by Gasteiger charge is -2.14. The van der Waals surface area contributed by atoms with Gasteiger partial charge in [0.05, 0.1) is 6.61 Å². The molecule has 110 valence electrons. The highest BCUT2D eigenvalue weighted by atomic mass is 16.5. The van der Waals surface area contributed by atoms with Gasteiger partial charge in [-0.3, -0.25) is 4.79 Å². The third-order valence-electron chi connectivity index (χ3n) is 3.34. The fourth-order valence-corrected chi connectivity index (χ4v) is 2.29. The maximum atomic E-state index is 12.2. The van der Waals surface area contributed by atoms with E-state index in [-0.39, 0.29) is 17.2 Å². The van der Waals surface area contributed by atoms with Crippen LogP contribution in [0.4, 0.5) is 0 Å². The SMILES string of the molecule is CCOc1cc(/C=C(\C#N)C(=O)N2CCCC2)ccc1O. The summed E-state index contributed by atoms with van der Waals surface area (Å²) in [6, 6.07) is 6.72. The predicted molar refractivity (Wildman–Crippen MR) is 78.7 cm³/mol. The van der Waals surface area contributed by atoms with Gasteiger partial charge in [-0.2, -0.15) is 5.26 Å². The molecule has 0 unspecified atom stereocenters. The van der Waals surface area contributed by atoms with Gasteiger partial charge in [-0.15, -0.1) is 0 Å². The minimum absolute atomic E-state index is 0.0402. The van der Waals surface area contributed by atoms with E-state index in [9.17, 15) is 15.2 Å². The number of carbonyl (C=O) groups is 1. The Morgan fingerprint density at radius 3 is 2.81 bits per heavy atom. The lowest BCUT2D eigenvalue weighted by Crippen LogP contribution is -2.28. The van der Waals surface area contributed by atoms with Crippen LogP contribution in [0.15, 0.2) is 23.8 Å². The average molecular weight is 286 g/mol. The van der Waals surface area contributed by atoms with Crippen LogP contribution < -0.4 is 4.74 Å². The first-order valence-electron chi connectivity index (χ1n) is 7.02. The number of hydrogen-bond acceptors (Lipinski definition) is 4. The van der Waals surface area contributed by atoms with Gasteiger partial charge in [0.15, 0.2) is 11.5 Å². The quantitative estimate of drug-likeness (QED) is 0.681. The highest BCUT2D eigenvalue weighted by Gasteiger charge is 2.21. The number of benzene rings is 1. The van der Waals surface area contributed by atoms with Crippen LogP contribution in [-0.2, 0) is 4.79 Å². The van der Waals surface area contributed by atoms with E-state index in [0.29, 0.717) is 31.0 Å². The number of hydrogen-bond donors (Lipinski definition) is 1. The first-order chi connectivity index (χ1) is 10.2. The highest BCUT2D eigenvalue weighted by Crippen LogP contribution is 2.28. The highest BCUT2D eigenvalue weighted by molar-refractivity contribution is 6.01. The molecule has 0 bridgehead atoms. The van der Waals surface area contributed by atoms with Crippen molar-refractivity contribution in [3.05, 3.63) is 29.3 Å². The summed E-state index contributed by atoms with van der Waals surface area (Å²) in [6.45, 7) is 3.66. The van der Waals surface area contributed by atoms with Gasteiger partial charge >= 0.3 is 0 Å². The van der Waals surface area contributed by atoms with Gasteiger partial charge in [0.25, 0.3) is 5.91 Å². The molecule has 1 aliphatic heterocycles. The minimum atomic E-state index is -0.235. The van der Waals surface area contributed by atoms with E-state index in [4.69, 9.17) is 4.74 Å². The van der Waals surface area contributed by atoms with Crippen LogP contribution >= 0.6 is 0 Å². The van der Waals surface area contributed by atoms with Crippen LogP contribution in [-0.4, -0.2) is 35.6 Å². The first kappa shape index (κ1) is 14.9. The van der Waals surface area contributed by atoms with E-state index in [1.807, 2.05) is 13.0 Å². The first-order valence-corrected chi connectivity index (χ1v) is 7.02. The summed E-state index contributed by atoms with van der Waals surface area (Å²) in [4.78, 5) is 13.9. The maximum absolute atomic E-state index is 12.2. The predicted octanol–water partition coefficient (Wildman–Crippen LogP) is 2.32. The van der Waals surface area contributed by atoms with Crippen LogP contribution in [0.3, 0.4) is 0 Å². The number of phenols is 1. The number of likely N-dealkylation sites (tertiary alicyclic amines) is 1. The largest absolute Gasteiger partial charge is 0.504 e. The summed E-state index contributed by atoms with van der Waals surface area (Å²) < 4.78 is 5.30. The smallest absolute Gasteiger partial charge is 0.264 e. The summed E-state index contributed by atoms with van der Waals surface area (Å²) in [7, 11) is 0. The molecule has 5 heteroatoms. The zero-order valence-corrected chi connectivity index (χ0v) is 12.0. The van der Waals surface area contributed by atoms with Crippen LogP contribution in [0.5, 0.6) is 11.5 Å². The van der Waals surface area contributed by atoms with Crippen molar-refractivity contribution in [2.45, 2.75) is 19.8 Å². The van der Waals surface area contributed by atoms with Gasteiger partial charge in [-0.1, -0.05) is 6.07 Å². The van der Waals surface area contributed by atoms with Crippen molar-refractivity contribution in [3.8, 4) is 17.6 Å². The van der Waals surface area contributed by atoms with E-state index in [2.05, 4.69) is 0 Å². The Kier molecular flexibility index (Phi) is 4.83. The molecule has 1 amide bonds. The number of aromatic hydroxyl groups is 1. The van der Waals surface area contributed by atoms with Gasteiger partial charge < -0.3 is 14.7 Å². The molecule has 1 saturated heterocycles. The zero-order valence-electron chi connectivity index (χ0n) is 12.0. The van der Waals surface area contributed by atoms with Crippen molar-refractivity contribution >= 4 is 12.0 Å². The summed E-state index contributed by atoms with van der Waals surface area (Å²) in [5.41, 5.74) is 0.755. The molecule has 0 atom stereocenters. The second-order valence-electron chi connectivity index (χ2n) is 4.83. The Hall–Kier alpha value is -2.48. The Morgan fingerprint density at radius 2 is 2.19 bits per heavy atom. The van der Waals surface area contributed by atoms with Crippen LogP contribution in [0.25, 0.3) is 6.08 Å². The minimum Gasteiger partial charge on any atom is -0.504 e. The fraction of sp³-hybridized carbons (Fsp3) is 0.375. The number of nitrogens with zero attached hydrogens (tertiary/aromatic N) is 2. The molecule has 1 aliphatic rings. The molecule has 1 fully saturated rings. The van der Waals surface area contributed by atoms with E-state index in [1.54, 1.807) is 17.0 Å². The normalized spacial score (nSPS) is 14.9. The van der Waals surface area contributed by atoms with E-state index >= 15 is 0 Å². The Balaban J connectivity index is 2.25. The van der Waals surface area contributed by atoms with Gasteiger partial charge in [0.1, 0.15) is 11.6 Å². The molecule has 0 spiro atoms. The van der Waals surface area contributed by atoms with E-state index in [1.165, 1.54) is 12.1 Å². The van der Waals surface area contributed by atoms with Crippen molar-refractivity contribution in [1.82, 2.24) is 4.90 Å². The summed E-state index contributed by atoms with van der Waals surface area (Å²) in [6.07, 6.45) is 3.50. The van der Waals surface area contributed by atoms with E-state index in [0.717, 1.165) is 12.8 Å². The monoisotopic (exact) mass is 286 g/mol. The lowest BCUT2D eigenvalue weighted by molar-refractivity contribution is -0.125. The fourth-order valence-electron chi connectivity index (χ4n) is 2.29. The summed E-state index contributed by atoms with van der Waals surface area (Å²) in [5.74, 6) is 0.150. The third kappa shape index (κ3) is 3.54. The number of nitriles is 1. The Bertz CT molecular complexity index is 596. The van der Waals surface area contributed by atoms with Crippen LogP contribution in [0.1, 0.15) is 25.3 Å². The van der Waals surface area contributed by atoms with Crippen LogP contribution in [0, 0.1) is 11.3 Å². The molecule has 0 radical (unpaired) electrons. The van der Waals surface area contributed by atoms with Crippen molar-refractivity contribution in [1.29, 1.82) is 5.26 Å². The lowest BCUT2D eigenvalue weighted by atomic mass is 10.1. The van der Waals surface area contributed by atoms with Crippen molar-refractivity contribution in [3.63, 3.8) is 0 Å². The average Bonchev–Trinajstić information content (AvgIpc) is 3.01. The molecule has 0 aromatic heterocycles. The second kappa shape index (κ2) is 6.80. The van der Waals surface area contributed by atoms with Crippen molar-refractivity contribution in [2.24, 2.45) is 0 Å². The molecule has 21 heavy (non-hydrogen) atoms. The van der Waals surface area contributed by atoms with Gasteiger partial charge in [0.2, 0.25) is 0 Å². The number of ether oxygens (including phenoxy) is 1. The second-order valence-corrected chi connectivity index (χ2v) is 4.83. The number of rotatable bonds is 4. The summed E-state index contributed by atoms with van der Waals surface area (Å²) in [5, 5.41) is 18.9. The molecule has 1 aromatic carbocycles. The molecule has 1 N–H and O–H groups in total. The van der Waals surface area contributed by atoms with Crippen LogP contribution in [0.2, 0.25) is 0 Å². The maximum Gasteiger partial charge on any atom is 0.264 e. The van der Waals surface area contributed by atoms with Gasteiger partial charge in [0, 0.05) is 13.1 Å². The van der Waals surface area contributed by atoms with Gasteiger partial charge in [-0.05, 0) is 43.5 Å². The molecule has 0 aliphatic carbocycles. The molecule has 1 aromatic rings. The Morgan fingerprint density at radius 1 is 1.48 bits per heavy atom. The van der Waals surface area contributed by atoms with Crippen molar-refractivity contribution in [2.75, 3.05) is 19.7 Å². The van der Waals surface area contributed by atoms with Gasteiger partial charge in [-0.25, -0.2) is 0 Å². The summed E-state index contributed by atoms with van der Waals surface area (Å²) >= 11 is 0. The third-order valence-corrected chi connectivity index (χ3v) is 3.34. The molecular formula is C16H18N2O3. The molecular weight excluding hydrogens is 268 g/mol. The van der Waals surface area contributed by atoms with Crippen molar-refractivity contribution < 1.29 is 14.6 Å². The number of carbonyl (C=O) groups excluding carboxylic acids is 1. The Labute approximate surface area is 124 Å². The number of phenolic OH excluding ortho intramolecular Hbond substituents is 1.